The van der Waals surface area contributed by atoms with E-state index in [-0.39, 0.29) is 13.2 Å². The molecule has 6 heteroatoms. The van der Waals surface area contributed by atoms with Crippen molar-refractivity contribution < 1.29 is 29.5 Å². The maximum absolute atomic E-state index is 10.6. The first-order valence-corrected chi connectivity index (χ1v) is 7.41. The van der Waals surface area contributed by atoms with Crippen molar-refractivity contribution in [1.29, 1.82) is 0 Å². The predicted octanol–water partition coefficient (Wildman–Crippen LogP) is 1.85. The van der Waals surface area contributed by atoms with Crippen molar-refractivity contribution in [1.82, 2.24) is 0 Å². The highest BCUT2D eigenvalue weighted by molar-refractivity contribution is 5.80. The fourth-order valence-corrected chi connectivity index (χ4v) is 1.35. The maximum atomic E-state index is 10.6. The topological polar surface area (TPSA) is 85.2 Å². The zero-order chi connectivity index (χ0) is 16.3. The third-order valence-corrected chi connectivity index (χ3v) is 2.63. The number of ether oxygens (including phenoxy) is 1. The number of hydrogen-bond acceptors (Lipinski definition) is 6. The van der Waals surface area contributed by atoms with Gasteiger partial charge >= 0.3 is 5.97 Å². The monoisotopic (exact) mass is 306 g/mol. The van der Waals surface area contributed by atoms with Crippen LogP contribution in [0.4, 0.5) is 0 Å². The Morgan fingerprint density at radius 1 is 1.24 bits per heavy atom. The van der Waals surface area contributed by atoms with Gasteiger partial charge < -0.3 is 14.9 Å². The quantitative estimate of drug-likeness (QED) is 0.248. The first kappa shape index (κ1) is 22.3. The van der Waals surface area contributed by atoms with Crippen molar-refractivity contribution in [2.75, 3.05) is 33.0 Å². The Balaban J connectivity index is 0. The van der Waals surface area contributed by atoms with Gasteiger partial charge in [-0.3, -0.25) is 4.89 Å². The molecule has 0 saturated heterocycles. The molecule has 0 saturated carbocycles. The molecule has 1 unspecified atom stereocenters. The lowest BCUT2D eigenvalue weighted by Gasteiger charge is -2.12. The average Bonchev–Trinajstić information content (AvgIpc) is 2.51. The number of carbonyl (C=O) groups is 1. The highest BCUT2D eigenvalue weighted by Crippen LogP contribution is 2.12. The highest BCUT2D eigenvalue weighted by atomic mass is 17.2. The van der Waals surface area contributed by atoms with E-state index in [4.69, 9.17) is 15.1 Å². The van der Waals surface area contributed by atoms with E-state index in [9.17, 15) is 4.79 Å². The summed E-state index contributed by atoms with van der Waals surface area (Å²) in [6, 6.07) is 0. The van der Waals surface area contributed by atoms with E-state index in [0.29, 0.717) is 25.7 Å². The van der Waals surface area contributed by atoms with Crippen LogP contribution in [-0.4, -0.2) is 49.2 Å². The molecule has 0 amide bonds. The molecule has 1 atom stereocenters. The number of aliphatic hydroxyl groups excluding tert-OH is 2. The number of hydrogen-bond donors (Lipinski definition) is 2. The van der Waals surface area contributed by atoms with Gasteiger partial charge in [0.2, 0.25) is 0 Å². The lowest BCUT2D eigenvalue weighted by atomic mass is 10.0. The van der Waals surface area contributed by atoms with Crippen LogP contribution in [0.2, 0.25) is 0 Å². The molecule has 126 valence electrons. The largest absolute Gasteiger partial charge is 0.394 e. The van der Waals surface area contributed by atoms with Gasteiger partial charge in [-0.1, -0.05) is 39.7 Å². The summed E-state index contributed by atoms with van der Waals surface area (Å²) in [6.45, 7) is 8.72. The normalized spacial score (nSPS) is 11.2. The molecule has 0 aliphatic rings. The SMILES string of the molecule is C=CC(=O)OOCC(CC)CCCC.OCCOCCO. The fraction of sp³-hybridized carbons (Fsp3) is 0.800. The van der Waals surface area contributed by atoms with Crippen LogP contribution in [0.3, 0.4) is 0 Å². The molecule has 0 rings (SSSR count). The van der Waals surface area contributed by atoms with Gasteiger partial charge in [0.15, 0.2) is 0 Å². The second-order valence-electron chi connectivity index (χ2n) is 4.37. The number of carbonyl (C=O) groups excluding carboxylic acids is 1. The molecule has 0 spiro atoms. The Labute approximate surface area is 127 Å². The van der Waals surface area contributed by atoms with Crippen LogP contribution in [-0.2, 0) is 19.3 Å². The molecule has 0 bridgehead atoms. The van der Waals surface area contributed by atoms with E-state index in [0.717, 1.165) is 18.9 Å². The van der Waals surface area contributed by atoms with E-state index in [2.05, 4.69) is 30.1 Å². The summed E-state index contributed by atoms with van der Waals surface area (Å²) < 4.78 is 4.63. The van der Waals surface area contributed by atoms with Crippen LogP contribution in [0.5, 0.6) is 0 Å². The zero-order valence-corrected chi connectivity index (χ0v) is 13.3. The number of aliphatic hydroxyl groups is 2. The molecule has 21 heavy (non-hydrogen) atoms. The fourth-order valence-electron chi connectivity index (χ4n) is 1.35. The minimum absolute atomic E-state index is 0.0278. The Morgan fingerprint density at radius 2 is 1.86 bits per heavy atom. The third-order valence-electron chi connectivity index (χ3n) is 2.63. The number of unbranched alkanes of at least 4 members (excludes halogenated alkanes) is 1. The summed E-state index contributed by atoms with van der Waals surface area (Å²) in [5.74, 6) is -0.0529. The van der Waals surface area contributed by atoms with Gasteiger partial charge in [0.25, 0.3) is 0 Å². The van der Waals surface area contributed by atoms with Gasteiger partial charge in [-0.2, -0.15) is 4.89 Å². The van der Waals surface area contributed by atoms with E-state index in [1.165, 1.54) is 12.8 Å². The molecule has 6 nitrogen and oxygen atoms in total. The van der Waals surface area contributed by atoms with Crippen molar-refractivity contribution in [3.05, 3.63) is 12.7 Å². The van der Waals surface area contributed by atoms with E-state index in [1.807, 2.05) is 0 Å². The van der Waals surface area contributed by atoms with E-state index < -0.39 is 5.97 Å². The summed E-state index contributed by atoms with van der Waals surface area (Å²) in [5, 5.41) is 16.2. The van der Waals surface area contributed by atoms with Gasteiger partial charge in [0, 0.05) is 6.08 Å². The molecule has 0 aromatic rings. The lowest BCUT2D eigenvalue weighted by molar-refractivity contribution is -0.273. The molecule has 0 aliphatic carbocycles. The summed E-state index contributed by atoms with van der Waals surface area (Å²) in [6.07, 6.45) is 5.64. The van der Waals surface area contributed by atoms with Gasteiger partial charge in [-0.05, 0) is 12.3 Å². The van der Waals surface area contributed by atoms with Crippen molar-refractivity contribution in [3.8, 4) is 0 Å². The van der Waals surface area contributed by atoms with Gasteiger partial charge in [-0.25, -0.2) is 4.79 Å². The highest BCUT2D eigenvalue weighted by Gasteiger charge is 2.07. The van der Waals surface area contributed by atoms with Crippen molar-refractivity contribution >= 4 is 5.97 Å². The van der Waals surface area contributed by atoms with E-state index >= 15 is 0 Å². The molecule has 2 N–H and O–H groups in total. The standard InChI is InChI=1S/C11H20O3.C4H10O3/c1-4-7-8-10(5-2)9-13-14-11(12)6-3;5-1-3-7-4-2-6/h6,10H,3-5,7-9H2,1-2H3;5-6H,1-4H2. The lowest BCUT2D eigenvalue weighted by Crippen LogP contribution is -2.11. The van der Waals surface area contributed by atoms with E-state index in [1.54, 1.807) is 0 Å². The molecule has 0 radical (unpaired) electrons. The van der Waals surface area contributed by atoms with Crippen LogP contribution < -0.4 is 0 Å². The summed E-state index contributed by atoms with van der Waals surface area (Å²) in [4.78, 5) is 19.9. The first-order chi connectivity index (χ1) is 10.2. The Bertz CT molecular complexity index is 228. The Morgan fingerprint density at radius 3 is 2.29 bits per heavy atom. The predicted molar refractivity (Wildman–Crippen MR) is 80.5 cm³/mol. The van der Waals surface area contributed by atoms with Gasteiger partial charge in [-0.15, -0.1) is 0 Å². The molecule has 0 fully saturated rings. The Hall–Kier alpha value is -0.950. The average molecular weight is 306 g/mol. The maximum Gasteiger partial charge on any atom is 0.365 e. The summed E-state index contributed by atoms with van der Waals surface area (Å²) in [5.41, 5.74) is 0. The third kappa shape index (κ3) is 19.0. The van der Waals surface area contributed by atoms with Crippen LogP contribution in [0.1, 0.15) is 39.5 Å². The van der Waals surface area contributed by atoms with Crippen LogP contribution in [0.15, 0.2) is 12.7 Å². The molecular formula is C15H30O6. The molecule has 0 heterocycles. The minimum atomic E-state index is -0.532. The van der Waals surface area contributed by atoms with Crippen molar-refractivity contribution in [3.63, 3.8) is 0 Å². The molecule has 0 aromatic carbocycles. The van der Waals surface area contributed by atoms with Crippen LogP contribution in [0.25, 0.3) is 0 Å². The molecular weight excluding hydrogens is 276 g/mol. The van der Waals surface area contributed by atoms with Crippen LogP contribution in [0, 0.1) is 5.92 Å². The molecule has 0 aliphatic heterocycles. The summed E-state index contributed by atoms with van der Waals surface area (Å²) in [7, 11) is 0. The Kier molecular flexibility index (Phi) is 20.3. The van der Waals surface area contributed by atoms with Crippen molar-refractivity contribution in [2.24, 2.45) is 5.92 Å². The van der Waals surface area contributed by atoms with Gasteiger partial charge in [0.05, 0.1) is 33.0 Å². The summed E-state index contributed by atoms with van der Waals surface area (Å²) >= 11 is 0. The van der Waals surface area contributed by atoms with Crippen LogP contribution >= 0.6 is 0 Å². The minimum Gasteiger partial charge on any atom is -0.394 e. The number of rotatable bonds is 12. The second kappa shape index (κ2) is 19.1. The molecule has 0 aromatic heterocycles. The van der Waals surface area contributed by atoms with Gasteiger partial charge in [0.1, 0.15) is 0 Å². The second-order valence-corrected chi connectivity index (χ2v) is 4.37. The zero-order valence-electron chi connectivity index (χ0n) is 13.3. The van der Waals surface area contributed by atoms with Crippen molar-refractivity contribution in [2.45, 2.75) is 39.5 Å². The smallest absolute Gasteiger partial charge is 0.365 e. The first-order valence-electron chi connectivity index (χ1n) is 7.41.